The maximum absolute atomic E-state index is 13.4. The molecule has 7 heteroatoms. The lowest BCUT2D eigenvalue weighted by atomic mass is 10.0. The van der Waals surface area contributed by atoms with Crippen LogP contribution in [0.3, 0.4) is 0 Å². The summed E-state index contributed by atoms with van der Waals surface area (Å²) in [5.74, 6) is 0.856. The van der Waals surface area contributed by atoms with E-state index in [4.69, 9.17) is 0 Å². The number of hydrogen-bond acceptors (Lipinski definition) is 5. The standard InChI is InChI=1S/C25H26N4O2S/c1-16-4-9-22-20(14-16)24-21(15-32-22)23(26-27(24)3)25(31)29-12-10-28(11-13-29)19-7-5-18(6-8-19)17(2)30/h4-9,14H,10-13,15H2,1-3H3. The number of nitrogens with zero attached hydrogens (tertiary/aromatic N) is 4. The van der Waals surface area contributed by atoms with Gasteiger partial charge in [-0.25, -0.2) is 0 Å². The predicted molar refractivity (Wildman–Crippen MR) is 128 cm³/mol. The summed E-state index contributed by atoms with van der Waals surface area (Å²) >= 11 is 1.78. The number of fused-ring (bicyclic) bond motifs is 3. The quantitative estimate of drug-likeness (QED) is 0.566. The minimum absolute atomic E-state index is 0.0186. The van der Waals surface area contributed by atoms with Crippen LogP contribution in [-0.2, 0) is 12.8 Å². The largest absolute Gasteiger partial charge is 0.368 e. The zero-order valence-electron chi connectivity index (χ0n) is 18.6. The Kier molecular flexibility index (Phi) is 5.29. The van der Waals surface area contributed by atoms with Crippen LogP contribution in [0.25, 0.3) is 11.3 Å². The average Bonchev–Trinajstić information content (AvgIpc) is 3.15. The van der Waals surface area contributed by atoms with Crippen molar-refractivity contribution >= 4 is 29.1 Å². The normalized spacial score (nSPS) is 15.3. The summed E-state index contributed by atoms with van der Waals surface area (Å²) in [7, 11) is 1.93. The van der Waals surface area contributed by atoms with Crippen LogP contribution in [0.5, 0.6) is 0 Å². The van der Waals surface area contributed by atoms with Gasteiger partial charge < -0.3 is 9.80 Å². The van der Waals surface area contributed by atoms with Gasteiger partial charge in [-0.1, -0.05) is 11.6 Å². The first-order valence-electron chi connectivity index (χ1n) is 10.9. The fourth-order valence-corrected chi connectivity index (χ4v) is 5.59. The fraction of sp³-hybridized carbons (Fsp3) is 0.320. The van der Waals surface area contributed by atoms with Gasteiger partial charge in [0.05, 0.1) is 5.69 Å². The number of aryl methyl sites for hydroxylation is 2. The molecule has 0 aliphatic carbocycles. The molecule has 0 unspecified atom stereocenters. The van der Waals surface area contributed by atoms with Gasteiger partial charge in [-0.15, -0.1) is 11.8 Å². The maximum Gasteiger partial charge on any atom is 0.274 e. The van der Waals surface area contributed by atoms with Crippen molar-refractivity contribution in [2.45, 2.75) is 24.5 Å². The van der Waals surface area contributed by atoms with Gasteiger partial charge in [0.15, 0.2) is 11.5 Å². The maximum atomic E-state index is 13.4. The van der Waals surface area contributed by atoms with Crippen LogP contribution in [0.15, 0.2) is 47.4 Å². The molecule has 2 aromatic carbocycles. The molecule has 3 aromatic rings. The molecule has 2 aliphatic heterocycles. The smallest absolute Gasteiger partial charge is 0.274 e. The van der Waals surface area contributed by atoms with E-state index >= 15 is 0 Å². The van der Waals surface area contributed by atoms with Gasteiger partial charge >= 0.3 is 0 Å². The Hall–Kier alpha value is -3.06. The van der Waals surface area contributed by atoms with Gasteiger partial charge in [-0.2, -0.15) is 5.10 Å². The van der Waals surface area contributed by atoms with Crippen LogP contribution >= 0.6 is 11.8 Å². The molecule has 1 amide bonds. The molecule has 5 rings (SSSR count). The van der Waals surface area contributed by atoms with E-state index < -0.39 is 0 Å². The highest BCUT2D eigenvalue weighted by Gasteiger charge is 2.31. The first-order chi connectivity index (χ1) is 15.4. The zero-order chi connectivity index (χ0) is 22.4. The molecule has 32 heavy (non-hydrogen) atoms. The number of hydrogen-bond donors (Lipinski definition) is 0. The molecule has 3 heterocycles. The molecule has 2 aliphatic rings. The topological polar surface area (TPSA) is 58.4 Å². The molecule has 0 bridgehead atoms. The van der Waals surface area contributed by atoms with Crippen molar-refractivity contribution in [2.75, 3.05) is 31.1 Å². The van der Waals surface area contributed by atoms with Crippen molar-refractivity contribution in [1.82, 2.24) is 14.7 Å². The second-order valence-electron chi connectivity index (χ2n) is 8.47. The SMILES string of the molecule is CC(=O)c1ccc(N2CCN(C(=O)c3nn(C)c4c3CSc3ccc(C)cc3-4)CC2)cc1. The van der Waals surface area contributed by atoms with Gasteiger partial charge in [0.25, 0.3) is 5.91 Å². The zero-order valence-corrected chi connectivity index (χ0v) is 19.4. The number of carbonyl (C=O) groups is 2. The minimum Gasteiger partial charge on any atom is -0.368 e. The second-order valence-corrected chi connectivity index (χ2v) is 9.49. The van der Waals surface area contributed by atoms with E-state index in [-0.39, 0.29) is 11.7 Å². The average molecular weight is 447 g/mol. The van der Waals surface area contributed by atoms with Crippen LogP contribution < -0.4 is 4.90 Å². The Morgan fingerprint density at radius 2 is 1.72 bits per heavy atom. The van der Waals surface area contributed by atoms with Gasteiger partial charge in [-0.05, 0) is 50.2 Å². The second kappa shape index (κ2) is 8.13. The monoisotopic (exact) mass is 446 g/mol. The lowest BCUT2D eigenvalue weighted by Crippen LogP contribution is -2.49. The third-order valence-corrected chi connectivity index (χ3v) is 7.42. The van der Waals surface area contributed by atoms with Crippen molar-refractivity contribution < 1.29 is 9.59 Å². The number of Topliss-reactive ketones (excluding diaryl/α,β-unsaturated/α-hetero) is 1. The molecule has 0 radical (unpaired) electrons. The number of ketones is 1. The molecule has 164 valence electrons. The summed E-state index contributed by atoms with van der Waals surface area (Å²) in [5, 5.41) is 4.67. The summed E-state index contributed by atoms with van der Waals surface area (Å²) < 4.78 is 1.87. The minimum atomic E-state index is 0.0186. The van der Waals surface area contributed by atoms with E-state index in [0.29, 0.717) is 18.8 Å². The number of aromatic nitrogens is 2. The van der Waals surface area contributed by atoms with Gasteiger partial charge in [0, 0.05) is 66.3 Å². The molecule has 0 N–H and O–H groups in total. The third-order valence-electron chi connectivity index (χ3n) is 6.32. The lowest BCUT2D eigenvalue weighted by molar-refractivity contribution is 0.0739. The Balaban J connectivity index is 1.33. The summed E-state index contributed by atoms with van der Waals surface area (Å²) in [6, 6.07) is 14.2. The first kappa shape index (κ1) is 20.8. The first-order valence-corrected chi connectivity index (χ1v) is 11.9. The Morgan fingerprint density at radius 1 is 1.00 bits per heavy atom. The van der Waals surface area contributed by atoms with E-state index in [9.17, 15) is 9.59 Å². The lowest BCUT2D eigenvalue weighted by Gasteiger charge is -2.36. The van der Waals surface area contributed by atoms with E-state index in [0.717, 1.165) is 41.4 Å². The van der Waals surface area contributed by atoms with E-state index in [1.165, 1.54) is 16.0 Å². The summed E-state index contributed by atoms with van der Waals surface area (Å²) in [6.07, 6.45) is 0. The van der Waals surface area contributed by atoms with Crippen molar-refractivity contribution in [3.63, 3.8) is 0 Å². The molecule has 0 atom stereocenters. The Bertz CT molecular complexity index is 1210. The molecular formula is C25H26N4O2S. The summed E-state index contributed by atoms with van der Waals surface area (Å²) in [4.78, 5) is 30.3. The van der Waals surface area contributed by atoms with Gasteiger partial charge in [0.2, 0.25) is 0 Å². The van der Waals surface area contributed by atoms with Crippen LogP contribution in [0.4, 0.5) is 5.69 Å². The number of piperazine rings is 1. The van der Waals surface area contributed by atoms with E-state index in [1.54, 1.807) is 18.7 Å². The highest BCUT2D eigenvalue weighted by molar-refractivity contribution is 7.98. The molecule has 6 nitrogen and oxygen atoms in total. The van der Waals surface area contributed by atoms with Crippen molar-refractivity contribution in [3.05, 3.63) is 64.8 Å². The molecule has 0 spiro atoms. The number of thioether (sulfide) groups is 1. The summed E-state index contributed by atoms with van der Waals surface area (Å²) in [6.45, 7) is 6.50. The number of amides is 1. The van der Waals surface area contributed by atoms with Crippen LogP contribution in [0.2, 0.25) is 0 Å². The van der Waals surface area contributed by atoms with E-state index in [2.05, 4.69) is 35.1 Å². The number of rotatable bonds is 3. The highest BCUT2D eigenvalue weighted by Crippen LogP contribution is 2.43. The molecule has 1 saturated heterocycles. The number of carbonyl (C=O) groups excluding carboxylic acids is 2. The summed E-state index contributed by atoms with van der Waals surface area (Å²) in [5.41, 5.74) is 6.87. The van der Waals surface area contributed by atoms with Crippen molar-refractivity contribution in [3.8, 4) is 11.3 Å². The third kappa shape index (κ3) is 3.60. The van der Waals surface area contributed by atoms with Crippen molar-refractivity contribution in [2.24, 2.45) is 7.05 Å². The van der Waals surface area contributed by atoms with Gasteiger partial charge in [-0.3, -0.25) is 14.3 Å². The van der Waals surface area contributed by atoms with Crippen LogP contribution in [0.1, 0.15) is 38.9 Å². The molecule has 1 aromatic heterocycles. The van der Waals surface area contributed by atoms with Crippen molar-refractivity contribution in [1.29, 1.82) is 0 Å². The van der Waals surface area contributed by atoms with Crippen LogP contribution in [-0.4, -0.2) is 52.5 Å². The molecule has 1 fully saturated rings. The van der Waals surface area contributed by atoms with Gasteiger partial charge in [0.1, 0.15) is 0 Å². The Morgan fingerprint density at radius 3 is 2.41 bits per heavy atom. The Labute approximate surface area is 192 Å². The fourth-order valence-electron chi connectivity index (χ4n) is 4.54. The molecular weight excluding hydrogens is 420 g/mol. The highest BCUT2D eigenvalue weighted by atomic mass is 32.2. The number of benzene rings is 2. The van der Waals surface area contributed by atoms with E-state index in [1.807, 2.05) is 40.9 Å². The number of anilines is 1. The molecule has 0 saturated carbocycles. The predicted octanol–water partition coefficient (Wildman–Crippen LogP) is 4.17. The van der Waals surface area contributed by atoms with Crippen LogP contribution in [0, 0.1) is 6.92 Å².